The van der Waals surface area contributed by atoms with Crippen LogP contribution in [0, 0.1) is 13.8 Å². The second-order valence-electron chi connectivity index (χ2n) is 6.19. The van der Waals surface area contributed by atoms with Crippen LogP contribution in [0.4, 0.5) is 11.5 Å². The van der Waals surface area contributed by atoms with Crippen molar-refractivity contribution < 1.29 is 9.53 Å². The van der Waals surface area contributed by atoms with E-state index in [0.717, 1.165) is 21.2 Å². The van der Waals surface area contributed by atoms with Crippen molar-refractivity contribution in [2.45, 2.75) is 20.4 Å². The third-order valence-electron chi connectivity index (χ3n) is 4.32. The normalized spacial score (nSPS) is 10.7. The van der Waals surface area contributed by atoms with Crippen molar-refractivity contribution in [1.29, 1.82) is 0 Å². The third kappa shape index (κ3) is 4.11. The molecule has 1 heterocycles. The molecular formula is C19H20BrN5O2. The lowest BCUT2D eigenvalue weighted by Crippen LogP contribution is -2.15. The van der Waals surface area contributed by atoms with Crippen LogP contribution in [0.1, 0.15) is 27.2 Å². The van der Waals surface area contributed by atoms with Gasteiger partial charge in [-0.25, -0.2) is 4.68 Å². The summed E-state index contributed by atoms with van der Waals surface area (Å²) >= 11 is 3.44. The van der Waals surface area contributed by atoms with E-state index < -0.39 is 5.91 Å². The van der Waals surface area contributed by atoms with Gasteiger partial charge < -0.3 is 15.8 Å². The molecule has 0 saturated carbocycles. The molecule has 3 N–H and O–H groups in total. The summed E-state index contributed by atoms with van der Waals surface area (Å²) in [4.78, 5) is 12.5. The molecule has 2 aromatic carbocycles. The van der Waals surface area contributed by atoms with Gasteiger partial charge in [0.2, 0.25) is 0 Å². The number of aromatic nitrogens is 3. The zero-order valence-electron chi connectivity index (χ0n) is 15.3. The number of ether oxygens (including phenoxy) is 1. The molecular weight excluding hydrogens is 410 g/mol. The number of benzene rings is 2. The zero-order valence-corrected chi connectivity index (χ0v) is 16.9. The molecule has 3 aromatic rings. The number of methoxy groups -OCH3 is 1. The average Bonchev–Trinajstić information content (AvgIpc) is 2.99. The Bertz CT molecular complexity index is 1000. The highest BCUT2D eigenvalue weighted by Gasteiger charge is 2.19. The molecule has 1 aromatic heterocycles. The maximum Gasteiger partial charge on any atom is 0.280 e. The van der Waals surface area contributed by atoms with Gasteiger partial charge in [0.25, 0.3) is 5.91 Å². The zero-order chi connectivity index (χ0) is 19.6. The molecule has 1 amide bonds. The van der Waals surface area contributed by atoms with Crippen LogP contribution in [0.25, 0.3) is 0 Å². The van der Waals surface area contributed by atoms with E-state index >= 15 is 0 Å². The standard InChI is InChI=1S/C19H20BrN5O2/c1-11-4-6-15(8-12(11)2)22-19(26)17-18(21)25(24-23-17)10-13-9-14(20)5-7-16(13)27-3/h4-9H,10,21H2,1-3H3,(H,22,26). The Labute approximate surface area is 165 Å². The molecule has 140 valence electrons. The fourth-order valence-corrected chi connectivity index (χ4v) is 3.05. The van der Waals surface area contributed by atoms with Gasteiger partial charge in [-0.15, -0.1) is 5.10 Å². The average molecular weight is 430 g/mol. The minimum atomic E-state index is -0.400. The first kappa shape index (κ1) is 18.9. The summed E-state index contributed by atoms with van der Waals surface area (Å²) in [6, 6.07) is 11.3. The highest BCUT2D eigenvalue weighted by Crippen LogP contribution is 2.25. The number of hydrogen-bond acceptors (Lipinski definition) is 5. The van der Waals surface area contributed by atoms with Gasteiger partial charge in [0.05, 0.1) is 13.7 Å². The van der Waals surface area contributed by atoms with E-state index in [1.165, 1.54) is 4.68 Å². The Balaban J connectivity index is 1.81. The third-order valence-corrected chi connectivity index (χ3v) is 4.81. The second kappa shape index (κ2) is 7.79. The molecule has 0 fully saturated rings. The second-order valence-corrected chi connectivity index (χ2v) is 7.11. The summed E-state index contributed by atoms with van der Waals surface area (Å²) < 4.78 is 7.74. The minimum Gasteiger partial charge on any atom is -0.496 e. The van der Waals surface area contributed by atoms with E-state index in [-0.39, 0.29) is 11.5 Å². The summed E-state index contributed by atoms with van der Waals surface area (Å²) in [5.41, 5.74) is 9.99. The van der Waals surface area contributed by atoms with Crippen molar-refractivity contribution in [2.75, 3.05) is 18.2 Å². The number of nitrogen functional groups attached to an aromatic ring is 1. The molecule has 7 nitrogen and oxygen atoms in total. The van der Waals surface area contributed by atoms with Crippen LogP contribution in [0.2, 0.25) is 0 Å². The molecule has 3 rings (SSSR count). The fourth-order valence-electron chi connectivity index (χ4n) is 2.64. The molecule has 0 aliphatic carbocycles. The van der Waals surface area contributed by atoms with Crippen LogP contribution in [0.5, 0.6) is 5.75 Å². The number of hydrogen-bond donors (Lipinski definition) is 2. The highest BCUT2D eigenvalue weighted by molar-refractivity contribution is 9.10. The number of aryl methyl sites for hydroxylation is 2. The predicted molar refractivity (Wildman–Crippen MR) is 108 cm³/mol. The topological polar surface area (TPSA) is 95.1 Å². The molecule has 0 aliphatic rings. The van der Waals surface area contributed by atoms with E-state index in [9.17, 15) is 4.79 Å². The molecule has 0 radical (unpaired) electrons. The van der Waals surface area contributed by atoms with Gasteiger partial charge in [-0.3, -0.25) is 4.79 Å². The fraction of sp³-hybridized carbons (Fsp3) is 0.211. The van der Waals surface area contributed by atoms with Crippen LogP contribution in [0.15, 0.2) is 40.9 Å². The van der Waals surface area contributed by atoms with Crippen molar-refractivity contribution in [2.24, 2.45) is 0 Å². The summed E-state index contributed by atoms with van der Waals surface area (Å²) in [5.74, 6) is 0.496. The van der Waals surface area contributed by atoms with Crippen molar-refractivity contribution >= 4 is 33.3 Å². The SMILES string of the molecule is COc1ccc(Br)cc1Cn1nnc(C(=O)Nc2ccc(C)c(C)c2)c1N. The van der Waals surface area contributed by atoms with Crippen LogP contribution < -0.4 is 15.8 Å². The lowest BCUT2D eigenvalue weighted by Gasteiger charge is -2.10. The largest absolute Gasteiger partial charge is 0.496 e. The monoisotopic (exact) mass is 429 g/mol. The van der Waals surface area contributed by atoms with Gasteiger partial charge >= 0.3 is 0 Å². The highest BCUT2D eigenvalue weighted by atomic mass is 79.9. The van der Waals surface area contributed by atoms with E-state index in [2.05, 4.69) is 31.6 Å². The summed E-state index contributed by atoms with van der Waals surface area (Å²) in [5, 5.41) is 10.8. The van der Waals surface area contributed by atoms with Crippen LogP contribution in [0.3, 0.4) is 0 Å². The Hall–Kier alpha value is -2.87. The quantitative estimate of drug-likeness (QED) is 0.646. The number of halogens is 1. The predicted octanol–water partition coefficient (Wildman–Crippen LogP) is 3.55. The Morgan fingerprint density at radius 2 is 2.00 bits per heavy atom. The number of carbonyl (C=O) groups excluding carboxylic acids is 1. The number of amides is 1. The van der Waals surface area contributed by atoms with Crippen molar-refractivity contribution in [3.8, 4) is 5.75 Å². The number of nitrogens with two attached hydrogens (primary N) is 1. The van der Waals surface area contributed by atoms with Gasteiger partial charge in [0.15, 0.2) is 11.5 Å². The number of anilines is 2. The van der Waals surface area contributed by atoms with Crippen molar-refractivity contribution in [3.63, 3.8) is 0 Å². The van der Waals surface area contributed by atoms with Gasteiger partial charge in [-0.1, -0.05) is 27.2 Å². The molecule has 0 bridgehead atoms. The van der Waals surface area contributed by atoms with E-state index in [0.29, 0.717) is 18.0 Å². The molecule has 0 aliphatic heterocycles. The maximum absolute atomic E-state index is 12.5. The summed E-state index contributed by atoms with van der Waals surface area (Å²) in [6.45, 7) is 4.33. The first-order valence-electron chi connectivity index (χ1n) is 8.29. The first-order chi connectivity index (χ1) is 12.9. The van der Waals surface area contributed by atoms with Crippen LogP contribution in [-0.4, -0.2) is 28.0 Å². The number of carbonyl (C=O) groups is 1. The number of nitrogens with zero attached hydrogens (tertiary/aromatic N) is 3. The van der Waals surface area contributed by atoms with Gasteiger partial charge in [-0.05, 0) is 55.3 Å². The maximum atomic E-state index is 12.5. The first-order valence-corrected chi connectivity index (χ1v) is 9.08. The van der Waals surface area contributed by atoms with Gasteiger partial charge in [-0.2, -0.15) is 0 Å². The van der Waals surface area contributed by atoms with Crippen LogP contribution >= 0.6 is 15.9 Å². The lowest BCUT2D eigenvalue weighted by molar-refractivity contribution is 0.102. The molecule has 0 unspecified atom stereocenters. The Kier molecular flexibility index (Phi) is 5.46. The molecule has 0 spiro atoms. The molecule has 8 heteroatoms. The summed E-state index contributed by atoms with van der Waals surface area (Å²) in [7, 11) is 1.60. The van der Waals surface area contributed by atoms with Crippen LogP contribution in [-0.2, 0) is 6.54 Å². The lowest BCUT2D eigenvalue weighted by atomic mass is 10.1. The smallest absolute Gasteiger partial charge is 0.280 e. The number of nitrogens with one attached hydrogen (secondary N) is 1. The molecule has 0 saturated heterocycles. The summed E-state index contributed by atoms with van der Waals surface area (Å²) in [6.07, 6.45) is 0. The number of rotatable bonds is 5. The van der Waals surface area contributed by atoms with Crippen molar-refractivity contribution in [3.05, 3.63) is 63.3 Å². The van der Waals surface area contributed by atoms with E-state index in [1.807, 2.05) is 50.2 Å². The Morgan fingerprint density at radius 3 is 2.70 bits per heavy atom. The minimum absolute atomic E-state index is 0.0854. The van der Waals surface area contributed by atoms with Crippen molar-refractivity contribution in [1.82, 2.24) is 15.0 Å². The van der Waals surface area contributed by atoms with E-state index in [4.69, 9.17) is 10.5 Å². The van der Waals surface area contributed by atoms with Gasteiger partial charge in [0.1, 0.15) is 5.75 Å². The Morgan fingerprint density at radius 1 is 1.22 bits per heavy atom. The molecule has 27 heavy (non-hydrogen) atoms. The van der Waals surface area contributed by atoms with E-state index in [1.54, 1.807) is 7.11 Å². The van der Waals surface area contributed by atoms with Gasteiger partial charge in [0, 0.05) is 15.7 Å². The molecule has 0 atom stereocenters.